The molecule has 2 aromatic carbocycles. The van der Waals surface area contributed by atoms with E-state index in [1.54, 1.807) is 18.2 Å². The van der Waals surface area contributed by atoms with Gasteiger partial charge in [0.25, 0.3) is 0 Å². The average molecular weight is 374 g/mol. The van der Waals surface area contributed by atoms with Crippen LogP contribution in [0.1, 0.15) is 5.89 Å². The Hall–Kier alpha value is -2.25. The van der Waals surface area contributed by atoms with Crippen LogP contribution in [0.2, 0.25) is 10.0 Å². The average Bonchev–Trinajstić information content (AvgIpc) is 3.02. The zero-order valence-corrected chi connectivity index (χ0v) is 13.1. The van der Waals surface area contributed by atoms with Crippen LogP contribution in [0.3, 0.4) is 0 Å². The Morgan fingerprint density at radius 1 is 1.12 bits per heavy atom. The fourth-order valence-corrected chi connectivity index (χ4v) is 2.26. The van der Waals surface area contributed by atoms with E-state index in [9.17, 15) is 13.2 Å². The summed E-state index contributed by atoms with van der Waals surface area (Å²) in [6.45, 7) is 0. The molecule has 0 fully saturated rings. The molecule has 3 rings (SSSR count). The number of halogens is 5. The van der Waals surface area contributed by atoms with Gasteiger partial charge in [0.2, 0.25) is 5.82 Å². The van der Waals surface area contributed by atoms with Gasteiger partial charge in [-0.05, 0) is 24.3 Å². The largest absolute Gasteiger partial charge is 0.471 e. The van der Waals surface area contributed by atoms with Crippen LogP contribution in [0.15, 0.2) is 40.9 Å². The first-order valence-electron chi connectivity index (χ1n) is 6.39. The van der Waals surface area contributed by atoms with Gasteiger partial charge in [0.15, 0.2) is 5.75 Å². The molecule has 0 saturated heterocycles. The third-order valence-electron chi connectivity index (χ3n) is 2.83. The Bertz CT molecular complexity index is 861. The predicted octanol–water partition coefficient (Wildman–Crippen LogP) is 5.65. The van der Waals surface area contributed by atoms with Crippen LogP contribution >= 0.6 is 23.2 Å². The van der Waals surface area contributed by atoms with E-state index in [-0.39, 0.29) is 32.9 Å². The number of nitrogens with zero attached hydrogens (tertiary/aromatic N) is 2. The molecular weight excluding hydrogens is 368 g/mol. The number of benzene rings is 2. The van der Waals surface area contributed by atoms with Gasteiger partial charge in [-0.1, -0.05) is 40.5 Å². The summed E-state index contributed by atoms with van der Waals surface area (Å²) in [5.74, 6) is -1.27. The highest BCUT2D eigenvalue weighted by atomic mass is 35.5. The number of aromatic nitrogens is 2. The molecule has 1 aromatic heterocycles. The van der Waals surface area contributed by atoms with E-state index in [0.29, 0.717) is 0 Å². The minimum absolute atomic E-state index is 0.181. The molecule has 3 aromatic rings. The molecule has 0 aliphatic heterocycles. The molecule has 0 aliphatic rings. The molecule has 9 heteroatoms. The van der Waals surface area contributed by atoms with Gasteiger partial charge in [0.05, 0.1) is 10.0 Å². The summed E-state index contributed by atoms with van der Waals surface area (Å²) < 4.78 is 47.3. The molecule has 0 spiro atoms. The summed E-state index contributed by atoms with van der Waals surface area (Å²) in [4.78, 5) is 3.31. The molecule has 0 N–H and O–H groups in total. The highest BCUT2D eigenvalue weighted by Crippen LogP contribution is 2.37. The van der Waals surface area contributed by atoms with E-state index in [1.165, 1.54) is 18.2 Å². The summed E-state index contributed by atoms with van der Waals surface area (Å²) >= 11 is 12.0. The van der Waals surface area contributed by atoms with E-state index >= 15 is 0 Å². The van der Waals surface area contributed by atoms with Gasteiger partial charge in [-0.3, -0.25) is 0 Å². The topological polar surface area (TPSA) is 48.2 Å². The lowest BCUT2D eigenvalue weighted by Crippen LogP contribution is -2.04. The SMILES string of the molecule is FC(F)(F)c1nc(-c2cc[c]c(Oc3c(Cl)cccc3Cl)c2)no1. The minimum Gasteiger partial charge on any atom is -0.454 e. The lowest BCUT2D eigenvalue weighted by Gasteiger charge is -2.09. The van der Waals surface area contributed by atoms with Crippen LogP contribution in [0.25, 0.3) is 11.4 Å². The van der Waals surface area contributed by atoms with Crippen molar-refractivity contribution in [2.75, 3.05) is 0 Å². The molecule has 1 heterocycles. The first-order valence-corrected chi connectivity index (χ1v) is 7.15. The number of rotatable bonds is 3. The molecule has 0 bridgehead atoms. The number of ether oxygens (including phenoxy) is 1. The zero-order chi connectivity index (χ0) is 17.3. The number of hydrogen-bond acceptors (Lipinski definition) is 4. The van der Waals surface area contributed by atoms with Crippen molar-refractivity contribution < 1.29 is 22.4 Å². The minimum atomic E-state index is -4.71. The highest BCUT2D eigenvalue weighted by Gasteiger charge is 2.38. The van der Waals surface area contributed by atoms with Crippen LogP contribution in [0.5, 0.6) is 11.5 Å². The maximum Gasteiger partial charge on any atom is 0.471 e. The molecule has 1 radical (unpaired) electrons. The first kappa shape index (κ1) is 16.6. The second-order valence-corrected chi connectivity index (χ2v) is 5.33. The molecule has 0 atom stereocenters. The van der Waals surface area contributed by atoms with Gasteiger partial charge in [0.1, 0.15) is 5.75 Å². The van der Waals surface area contributed by atoms with Gasteiger partial charge >= 0.3 is 12.1 Å². The van der Waals surface area contributed by atoms with Crippen LogP contribution in [0, 0.1) is 6.07 Å². The van der Waals surface area contributed by atoms with E-state index < -0.39 is 12.1 Å². The van der Waals surface area contributed by atoms with Gasteiger partial charge < -0.3 is 9.26 Å². The number of para-hydroxylation sites is 1. The van der Waals surface area contributed by atoms with Gasteiger partial charge in [-0.25, -0.2) is 0 Å². The first-order chi connectivity index (χ1) is 11.3. The molecule has 0 aliphatic carbocycles. The van der Waals surface area contributed by atoms with Crippen molar-refractivity contribution in [1.29, 1.82) is 0 Å². The number of alkyl halides is 3. The van der Waals surface area contributed by atoms with Crippen molar-refractivity contribution in [2.45, 2.75) is 6.18 Å². The maximum atomic E-state index is 12.5. The Morgan fingerprint density at radius 2 is 1.83 bits per heavy atom. The molecule has 0 unspecified atom stereocenters. The van der Waals surface area contributed by atoms with E-state index in [0.717, 1.165) is 0 Å². The fourth-order valence-electron chi connectivity index (χ4n) is 1.79. The molecule has 0 saturated carbocycles. The van der Waals surface area contributed by atoms with Gasteiger partial charge in [0, 0.05) is 11.6 Å². The summed E-state index contributed by atoms with van der Waals surface area (Å²) in [6.07, 6.45) is -4.71. The standard InChI is InChI=1S/C15H6Cl2F3N2O2/c16-10-5-2-6-11(17)12(10)23-9-4-1-3-8(7-9)13-21-14(24-22-13)15(18,19)20/h1-3,5-7H. The Balaban J connectivity index is 1.91. The molecule has 0 amide bonds. The summed E-state index contributed by atoms with van der Waals surface area (Å²) in [5.41, 5.74) is 0.256. The molecular formula is C15H6Cl2F3N2O2. The second-order valence-electron chi connectivity index (χ2n) is 4.52. The summed E-state index contributed by atoms with van der Waals surface area (Å²) in [7, 11) is 0. The highest BCUT2D eigenvalue weighted by molar-refractivity contribution is 6.37. The number of hydrogen-bond donors (Lipinski definition) is 0. The smallest absolute Gasteiger partial charge is 0.454 e. The third kappa shape index (κ3) is 3.47. The van der Waals surface area contributed by atoms with E-state index in [1.807, 2.05) is 0 Å². The molecule has 24 heavy (non-hydrogen) atoms. The van der Waals surface area contributed by atoms with Crippen LogP contribution in [-0.2, 0) is 6.18 Å². The molecule has 123 valence electrons. The summed E-state index contributed by atoms with van der Waals surface area (Å²) in [6, 6.07) is 11.9. The molecule has 4 nitrogen and oxygen atoms in total. The van der Waals surface area contributed by atoms with Crippen molar-refractivity contribution in [3.05, 3.63) is 58.4 Å². The van der Waals surface area contributed by atoms with Crippen molar-refractivity contribution >= 4 is 23.2 Å². The predicted molar refractivity (Wildman–Crippen MR) is 80.1 cm³/mol. The van der Waals surface area contributed by atoms with Crippen LogP contribution in [-0.4, -0.2) is 10.1 Å². The van der Waals surface area contributed by atoms with Crippen molar-refractivity contribution in [1.82, 2.24) is 10.1 Å². The maximum absolute atomic E-state index is 12.5. The lowest BCUT2D eigenvalue weighted by molar-refractivity contribution is -0.159. The Morgan fingerprint density at radius 3 is 2.46 bits per heavy atom. The lowest BCUT2D eigenvalue weighted by atomic mass is 10.2. The Labute approximate surface area is 143 Å². The summed E-state index contributed by atoms with van der Waals surface area (Å²) in [5, 5.41) is 3.86. The van der Waals surface area contributed by atoms with Crippen molar-refractivity contribution in [2.24, 2.45) is 0 Å². The van der Waals surface area contributed by atoms with Crippen molar-refractivity contribution in [3.8, 4) is 22.9 Å². The van der Waals surface area contributed by atoms with E-state index in [2.05, 4.69) is 20.7 Å². The monoisotopic (exact) mass is 373 g/mol. The Kier molecular flexibility index (Phi) is 4.38. The van der Waals surface area contributed by atoms with Gasteiger partial charge in [-0.2, -0.15) is 18.2 Å². The third-order valence-corrected chi connectivity index (χ3v) is 3.43. The van der Waals surface area contributed by atoms with Crippen LogP contribution < -0.4 is 4.74 Å². The fraction of sp³-hybridized carbons (Fsp3) is 0.0667. The van der Waals surface area contributed by atoms with Crippen molar-refractivity contribution in [3.63, 3.8) is 0 Å². The van der Waals surface area contributed by atoms with Gasteiger partial charge in [-0.15, -0.1) is 0 Å². The second kappa shape index (κ2) is 6.33. The zero-order valence-electron chi connectivity index (χ0n) is 11.6. The quantitative estimate of drug-likeness (QED) is 0.594. The van der Waals surface area contributed by atoms with E-state index in [4.69, 9.17) is 27.9 Å². The van der Waals surface area contributed by atoms with Crippen LogP contribution in [0.4, 0.5) is 13.2 Å². The normalized spacial score (nSPS) is 11.5.